The first-order chi connectivity index (χ1) is 12.1. The van der Waals surface area contributed by atoms with E-state index in [0.29, 0.717) is 5.56 Å². The summed E-state index contributed by atoms with van der Waals surface area (Å²) in [7, 11) is 0. The zero-order valence-electron chi connectivity index (χ0n) is 13.5. The molecule has 1 aromatic heterocycles. The van der Waals surface area contributed by atoms with E-state index < -0.39 is 18.3 Å². The van der Waals surface area contributed by atoms with Gasteiger partial charge in [0.25, 0.3) is 0 Å². The SMILES string of the molecule is N#Cc1cc(C(O)C(O)CCNC(=O)OCc2ccccc2)ccn1. The number of aromatic nitrogens is 1. The average molecular weight is 341 g/mol. The van der Waals surface area contributed by atoms with E-state index in [1.54, 1.807) is 0 Å². The number of hydrogen-bond acceptors (Lipinski definition) is 6. The number of amides is 1. The van der Waals surface area contributed by atoms with Crippen LogP contribution in [0.5, 0.6) is 0 Å². The summed E-state index contributed by atoms with van der Waals surface area (Å²) in [5.74, 6) is 0. The Morgan fingerprint density at radius 2 is 2.04 bits per heavy atom. The molecular formula is C18H19N3O4. The van der Waals surface area contributed by atoms with Gasteiger partial charge in [0, 0.05) is 12.7 Å². The molecule has 7 nitrogen and oxygen atoms in total. The number of benzene rings is 1. The van der Waals surface area contributed by atoms with Crippen molar-refractivity contribution in [1.82, 2.24) is 10.3 Å². The first-order valence-electron chi connectivity index (χ1n) is 7.77. The van der Waals surface area contributed by atoms with E-state index >= 15 is 0 Å². The molecule has 2 atom stereocenters. The van der Waals surface area contributed by atoms with Crippen LogP contribution in [0.25, 0.3) is 0 Å². The van der Waals surface area contributed by atoms with Gasteiger partial charge in [0.1, 0.15) is 24.5 Å². The van der Waals surface area contributed by atoms with Gasteiger partial charge >= 0.3 is 6.09 Å². The fourth-order valence-corrected chi connectivity index (χ4v) is 2.17. The number of carbonyl (C=O) groups excluding carboxylic acids is 1. The number of nitrogens with one attached hydrogen (secondary N) is 1. The molecule has 7 heteroatoms. The van der Waals surface area contributed by atoms with Gasteiger partial charge in [0.15, 0.2) is 0 Å². The van der Waals surface area contributed by atoms with Crippen LogP contribution in [0.15, 0.2) is 48.7 Å². The van der Waals surface area contributed by atoms with E-state index in [4.69, 9.17) is 10.00 Å². The number of pyridine rings is 1. The maximum atomic E-state index is 11.6. The standard InChI is InChI=1S/C18H19N3O4/c19-11-15-10-14(6-8-20-15)17(23)16(22)7-9-21-18(24)25-12-13-4-2-1-3-5-13/h1-6,8,10,16-17,22-23H,7,9,12H2,(H,21,24). The highest BCUT2D eigenvalue weighted by Gasteiger charge is 2.19. The molecule has 0 fully saturated rings. The predicted molar refractivity (Wildman–Crippen MR) is 89.2 cm³/mol. The lowest BCUT2D eigenvalue weighted by molar-refractivity contribution is 0.0136. The van der Waals surface area contributed by atoms with Crippen LogP contribution in [0.2, 0.25) is 0 Å². The van der Waals surface area contributed by atoms with Gasteiger partial charge in [-0.1, -0.05) is 30.3 Å². The molecule has 0 saturated carbocycles. The van der Waals surface area contributed by atoms with Crippen LogP contribution in [0, 0.1) is 11.3 Å². The number of nitriles is 1. The van der Waals surface area contributed by atoms with Crippen LogP contribution in [-0.4, -0.2) is 33.9 Å². The van der Waals surface area contributed by atoms with E-state index in [1.165, 1.54) is 18.3 Å². The molecule has 0 spiro atoms. The van der Waals surface area contributed by atoms with Gasteiger partial charge in [-0.15, -0.1) is 0 Å². The Morgan fingerprint density at radius 1 is 1.28 bits per heavy atom. The maximum Gasteiger partial charge on any atom is 0.407 e. The minimum Gasteiger partial charge on any atom is -0.445 e. The number of rotatable bonds is 7. The first kappa shape index (κ1) is 18.4. The maximum absolute atomic E-state index is 11.6. The predicted octanol–water partition coefficient (Wildman–Crippen LogP) is 1.66. The summed E-state index contributed by atoms with van der Waals surface area (Å²) in [6, 6.07) is 14.1. The van der Waals surface area contributed by atoms with E-state index in [2.05, 4.69) is 10.3 Å². The van der Waals surface area contributed by atoms with Gasteiger partial charge in [-0.3, -0.25) is 0 Å². The van der Waals surface area contributed by atoms with Crippen molar-refractivity contribution in [2.45, 2.75) is 25.2 Å². The molecule has 0 saturated heterocycles. The van der Waals surface area contributed by atoms with E-state index in [-0.39, 0.29) is 25.3 Å². The summed E-state index contributed by atoms with van der Waals surface area (Å²) in [6.45, 7) is 0.299. The molecule has 2 rings (SSSR count). The lowest BCUT2D eigenvalue weighted by Crippen LogP contribution is -2.29. The average Bonchev–Trinajstić information content (AvgIpc) is 2.66. The lowest BCUT2D eigenvalue weighted by atomic mass is 10.0. The number of nitrogens with zero attached hydrogens (tertiary/aromatic N) is 2. The molecule has 0 aliphatic heterocycles. The van der Waals surface area contributed by atoms with Crippen molar-refractivity contribution in [2.24, 2.45) is 0 Å². The van der Waals surface area contributed by atoms with Crippen molar-refractivity contribution >= 4 is 6.09 Å². The third-order valence-corrected chi connectivity index (χ3v) is 3.53. The molecule has 0 aliphatic carbocycles. The second-order valence-corrected chi connectivity index (χ2v) is 5.38. The molecular weight excluding hydrogens is 322 g/mol. The Balaban J connectivity index is 1.73. The highest BCUT2D eigenvalue weighted by Crippen LogP contribution is 2.18. The Morgan fingerprint density at radius 3 is 2.76 bits per heavy atom. The van der Waals surface area contributed by atoms with E-state index in [0.717, 1.165) is 5.56 Å². The highest BCUT2D eigenvalue weighted by atomic mass is 16.5. The molecule has 0 bridgehead atoms. The quantitative estimate of drug-likeness (QED) is 0.705. The van der Waals surface area contributed by atoms with E-state index in [1.807, 2.05) is 36.4 Å². The smallest absolute Gasteiger partial charge is 0.407 e. The van der Waals surface area contributed by atoms with Crippen LogP contribution >= 0.6 is 0 Å². The van der Waals surface area contributed by atoms with Gasteiger partial charge in [0.2, 0.25) is 0 Å². The van der Waals surface area contributed by atoms with Gasteiger partial charge in [-0.25, -0.2) is 9.78 Å². The Bertz CT molecular complexity index is 731. The molecule has 130 valence electrons. The lowest BCUT2D eigenvalue weighted by Gasteiger charge is -2.18. The molecule has 1 heterocycles. The molecule has 3 N–H and O–H groups in total. The molecule has 2 unspecified atom stereocenters. The summed E-state index contributed by atoms with van der Waals surface area (Å²) in [6.07, 6.45) is -1.34. The monoisotopic (exact) mass is 341 g/mol. The summed E-state index contributed by atoms with van der Waals surface area (Å²) < 4.78 is 5.05. The molecule has 1 aromatic carbocycles. The molecule has 25 heavy (non-hydrogen) atoms. The fourth-order valence-electron chi connectivity index (χ4n) is 2.17. The van der Waals surface area contributed by atoms with Crippen LogP contribution in [0.1, 0.15) is 29.3 Å². The summed E-state index contributed by atoms with van der Waals surface area (Å²) >= 11 is 0. The van der Waals surface area contributed by atoms with Crippen molar-refractivity contribution < 1.29 is 19.7 Å². The van der Waals surface area contributed by atoms with Crippen molar-refractivity contribution in [3.8, 4) is 6.07 Å². The minimum atomic E-state index is -1.17. The third-order valence-electron chi connectivity index (χ3n) is 3.53. The Hall–Kier alpha value is -2.95. The van der Waals surface area contributed by atoms with Crippen molar-refractivity contribution in [2.75, 3.05) is 6.54 Å². The fraction of sp³-hybridized carbons (Fsp3) is 0.278. The normalized spacial score (nSPS) is 12.7. The minimum absolute atomic E-state index is 0.131. The van der Waals surface area contributed by atoms with Crippen molar-refractivity contribution in [3.05, 3.63) is 65.5 Å². The molecule has 1 amide bonds. The van der Waals surface area contributed by atoms with Crippen molar-refractivity contribution in [3.63, 3.8) is 0 Å². The summed E-state index contributed by atoms with van der Waals surface area (Å²) in [5, 5.41) is 31.4. The largest absolute Gasteiger partial charge is 0.445 e. The number of aliphatic hydroxyl groups excluding tert-OH is 2. The Labute approximate surface area is 145 Å². The molecule has 2 aromatic rings. The summed E-state index contributed by atoms with van der Waals surface area (Å²) in [5.41, 5.74) is 1.43. The number of aliphatic hydroxyl groups is 2. The zero-order valence-corrected chi connectivity index (χ0v) is 13.5. The number of ether oxygens (including phenoxy) is 1. The number of hydrogen-bond donors (Lipinski definition) is 3. The number of alkyl carbamates (subject to hydrolysis) is 1. The van der Waals surface area contributed by atoms with Gasteiger partial charge in [0.05, 0.1) is 6.10 Å². The first-order valence-corrected chi connectivity index (χ1v) is 7.77. The van der Waals surface area contributed by atoms with Gasteiger partial charge in [-0.2, -0.15) is 5.26 Å². The molecule has 0 radical (unpaired) electrons. The van der Waals surface area contributed by atoms with Crippen LogP contribution in [0.4, 0.5) is 4.79 Å². The summed E-state index contributed by atoms with van der Waals surface area (Å²) in [4.78, 5) is 15.4. The number of carbonyl (C=O) groups is 1. The second-order valence-electron chi connectivity index (χ2n) is 5.38. The zero-order chi connectivity index (χ0) is 18.1. The van der Waals surface area contributed by atoms with Crippen LogP contribution in [0.3, 0.4) is 0 Å². The van der Waals surface area contributed by atoms with E-state index in [9.17, 15) is 15.0 Å². The highest BCUT2D eigenvalue weighted by molar-refractivity contribution is 5.67. The third kappa shape index (κ3) is 5.88. The van der Waals surface area contributed by atoms with Gasteiger partial charge < -0.3 is 20.3 Å². The van der Waals surface area contributed by atoms with Crippen molar-refractivity contribution in [1.29, 1.82) is 5.26 Å². The van der Waals surface area contributed by atoms with Gasteiger partial charge in [-0.05, 0) is 29.7 Å². The topological polar surface area (TPSA) is 115 Å². The molecule has 0 aliphatic rings. The second kappa shape index (κ2) is 9.37. The Kier molecular flexibility index (Phi) is 6.89. The van der Waals surface area contributed by atoms with Crippen LogP contribution < -0.4 is 5.32 Å². The van der Waals surface area contributed by atoms with Crippen LogP contribution in [-0.2, 0) is 11.3 Å².